The van der Waals surface area contributed by atoms with Gasteiger partial charge in [0.1, 0.15) is 11.6 Å². The molecule has 1 aliphatic rings. The maximum Gasteiger partial charge on any atom is 0.313 e. The van der Waals surface area contributed by atoms with E-state index in [1.807, 2.05) is 6.07 Å². The van der Waals surface area contributed by atoms with Crippen molar-refractivity contribution in [2.24, 2.45) is 5.92 Å². The highest BCUT2D eigenvalue weighted by atomic mass is 19.1. The number of anilines is 1. The number of halogens is 1. The van der Waals surface area contributed by atoms with Crippen molar-refractivity contribution >= 4 is 17.5 Å². The van der Waals surface area contributed by atoms with E-state index in [1.165, 1.54) is 12.1 Å². The number of para-hydroxylation sites is 1. The van der Waals surface area contributed by atoms with Crippen molar-refractivity contribution in [2.75, 3.05) is 25.0 Å². The zero-order chi connectivity index (χ0) is 18.4. The molecule has 0 saturated carbocycles. The number of nitrogens with one attached hydrogen (secondary N) is 1. The van der Waals surface area contributed by atoms with Gasteiger partial charge in [0, 0.05) is 24.7 Å². The Balaban J connectivity index is 1.51. The third kappa shape index (κ3) is 4.81. The SMILES string of the molecule is O=C(Nc1ccccc1)C(=O)N1CCC[C@H](COc2ccc(F)cc2)C1. The number of ether oxygens (including phenoxy) is 1. The molecule has 2 aromatic rings. The van der Waals surface area contributed by atoms with Crippen LogP contribution < -0.4 is 10.1 Å². The van der Waals surface area contributed by atoms with Crippen LogP contribution in [0.25, 0.3) is 0 Å². The van der Waals surface area contributed by atoms with Gasteiger partial charge in [0.25, 0.3) is 0 Å². The molecule has 26 heavy (non-hydrogen) atoms. The molecule has 0 bridgehead atoms. The van der Waals surface area contributed by atoms with Gasteiger partial charge in [-0.05, 0) is 49.2 Å². The lowest BCUT2D eigenvalue weighted by Crippen LogP contribution is -2.46. The lowest BCUT2D eigenvalue weighted by molar-refractivity contribution is -0.144. The number of carbonyl (C=O) groups is 2. The van der Waals surface area contributed by atoms with Gasteiger partial charge in [-0.3, -0.25) is 9.59 Å². The Hall–Kier alpha value is -2.89. The molecule has 0 spiro atoms. The minimum atomic E-state index is -0.628. The van der Waals surface area contributed by atoms with Crippen LogP contribution in [0.1, 0.15) is 12.8 Å². The predicted molar refractivity (Wildman–Crippen MR) is 96.3 cm³/mol. The normalized spacial score (nSPS) is 16.8. The maximum atomic E-state index is 12.9. The quantitative estimate of drug-likeness (QED) is 0.857. The summed E-state index contributed by atoms with van der Waals surface area (Å²) >= 11 is 0. The Bertz CT molecular complexity index is 749. The summed E-state index contributed by atoms with van der Waals surface area (Å²) in [4.78, 5) is 26.1. The number of benzene rings is 2. The van der Waals surface area contributed by atoms with Crippen LogP contribution in [0.2, 0.25) is 0 Å². The third-order valence-electron chi connectivity index (χ3n) is 4.33. The van der Waals surface area contributed by atoms with E-state index in [1.54, 1.807) is 41.3 Å². The number of nitrogens with zero attached hydrogens (tertiary/aromatic N) is 1. The van der Waals surface area contributed by atoms with E-state index < -0.39 is 11.8 Å². The van der Waals surface area contributed by atoms with Crippen molar-refractivity contribution < 1.29 is 18.7 Å². The molecule has 1 saturated heterocycles. The van der Waals surface area contributed by atoms with Crippen LogP contribution >= 0.6 is 0 Å². The second-order valence-electron chi connectivity index (χ2n) is 6.34. The maximum absolute atomic E-state index is 12.9. The monoisotopic (exact) mass is 356 g/mol. The second-order valence-corrected chi connectivity index (χ2v) is 6.34. The zero-order valence-electron chi connectivity index (χ0n) is 14.4. The molecule has 1 heterocycles. The predicted octanol–water partition coefficient (Wildman–Crippen LogP) is 3.08. The van der Waals surface area contributed by atoms with Gasteiger partial charge in [0.2, 0.25) is 0 Å². The average molecular weight is 356 g/mol. The van der Waals surface area contributed by atoms with Crippen molar-refractivity contribution in [1.29, 1.82) is 0 Å². The van der Waals surface area contributed by atoms with E-state index in [4.69, 9.17) is 4.74 Å². The van der Waals surface area contributed by atoms with Gasteiger partial charge >= 0.3 is 11.8 Å². The molecule has 5 nitrogen and oxygen atoms in total. The molecule has 6 heteroatoms. The number of amides is 2. The zero-order valence-corrected chi connectivity index (χ0v) is 14.4. The lowest BCUT2D eigenvalue weighted by Gasteiger charge is -2.32. The fraction of sp³-hybridized carbons (Fsp3) is 0.300. The first-order chi connectivity index (χ1) is 12.6. The Labute approximate surface area is 151 Å². The third-order valence-corrected chi connectivity index (χ3v) is 4.33. The number of piperidine rings is 1. The van der Waals surface area contributed by atoms with Crippen molar-refractivity contribution in [3.05, 3.63) is 60.4 Å². The van der Waals surface area contributed by atoms with Crippen LogP contribution in [0.4, 0.5) is 10.1 Å². The molecule has 1 atom stereocenters. The second kappa shape index (κ2) is 8.47. The Morgan fingerprint density at radius 2 is 1.85 bits per heavy atom. The van der Waals surface area contributed by atoms with Crippen molar-refractivity contribution in [1.82, 2.24) is 4.90 Å². The van der Waals surface area contributed by atoms with Gasteiger partial charge in [-0.15, -0.1) is 0 Å². The van der Waals surface area contributed by atoms with Gasteiger partial charge in [-0.25, -0.2) is 4.39 Å². The van der Waals surface area contributed by atoms with Gasteiger partial charge in [-0.2, -0.15) is 0 Å². The molecule has 0 radical (unpaired) electrons. The molecule has 0 aromatic heterocycles. The first-order valence-corrected chi connectivity index (χ1v) is 8.65. The molecule has 1 N–H and O–H groups in total. The standard InChI is InChI=1S/C20H21FN2O3/c21-16-8-10-18(11-9-16)26-14-15-5-4-12-23(13-15)20(25)19(24)22-17-6-2-1-3-7-17/h1-3,6-11,15H,4-5,12-14H2,(H,22,24)/t15-/m0/s1. The van der Waals surface area contributed by atoms with Crippen LogP contribution in [0.3, 0.4) is 0 Å². The number of carbonyl (C=O) groups excluding carboxylic acids is 2. The molecular weight excluding hydrogens is 335 g/mol. The van der Waals surface area contributed by atoms with E-state index in [0.717, 1.165) is 12.8 Å². The highest BCUT2D eigenvalue weighted by Gasteiger charge is 2.28. The minimum Gasteiger partial charge on any atom is -0.493 e. The van der Waals surface area contributed by atoms with Crippen molar-refractivity contribution in [3.8, 4) is 5.75 Å². The fourth-order valence-electron chi connectivity index (χ4n) is 2.98. The van der Waals surface area contributed by atoms with Gasteiger partial charge < -0.3 is 15.0 Å². The molecule has 2 aromatic carbocycles. The molecule has 0 aliphatic carbocycles. The summed E-state index contributed by atoms with van der Waals surface area (Å²) in [5.74, 6) is -0.730. The van der Waals surface area contributed by atoms with Crippen LogP contribution in [0.5, 0.6) is 5.75 Å². The summed E-state index contributed by atoms with van der Waals surface area (Å²) in [5, 5.41) is 2.62. The van der Waals surface area contributed by atoms with E-state index >= 15 is 0 Å². The number of hydrogen-bond donors (Lipinski definition) is 1. The summed E-state index contributed by atoms with van der Waals surface area (Å²) in [6.07, 6.45) is 1.74. The van der Waals surface area contributed by atoms with Crippen molar-refractivity contribution in [2.45, 2.75) is 12.8 Å². The Kier molecular flexibility index (Phi) is 5.84. The summed E-state index contributed by atoms with van der Waals surface area (Å²) in [6.45, 7) is 1.46. The van der Waals surface area contributed by atoms with E-state index in [-0.39, 0.29) is 11.7 Å². The first kappa shape index (κ1) is 17.9. The lowest BCUT2D eigenvalue weighted by atomic mass is 9.99. The molecule has 1 aliphatic heterocycles. The van der Waals surface area contributed by atoms with Crippen LogP contribution in [-0.2, 0) is 9.59 Å². The molecular formula is C20H21FN2O3. The molecule has 2 amide bonds. The fourth-order valence-corrected chi connectivity index (χ4v) is 2.98. The highest BCUT2D eigenvalue weighted by molar-refractivity contribution is 6.39. The van der Waals surface area contributed by atoms with E-state index in [9.17, 15) is 14.0 Å². The molecule has 3 rings (SSSR count). The van der Waals surface area contributed by atoms with Gasteiger partial charge in [0.05, 0.1) is 6.61 Å². The Morgan fingerprint density at radius 1 is 1.12 bits per heavy atom. The van der Waals surface area contributed by atoms with Crippen LogP contribution in [0, 0.1) is 11.7 Å². The summed E-state index contributed by atoms with van der Waals surface area (Å²) in [6, 6.07) is 14.8. The van der Waals surface area contributed by atoms with Crippen LogP contribution in [-0.4, -0.2) is 36.4 Å². The molecule has 0 unspecified atom stereocenters. The summed E-state index contributed by atoms with van der Waals surface area (Å²) < 4.78 is 18.6. The summed E-state index contributed by atoms with van der Waals surface area (Å²) in [5.41, 5.74) is 0.596. The first-order valence-electron chi connectivity index (χ1n) is 8.65. The van der Waals surface area contributed by atoms with E-state index in [0.29, 0.717) is 31.1 Å². The highest BCUT2D eigenvalue weighted by Crippen LogP contribution is 2.19. The topological polar surface area (TPSA) is 58.6 Å². The minimum absolute atomic E-state index is 0.141. The van der Waals surface area contributed by atoms with Gasteiger partial charge in [0.15, 0.2) is 0 Å². The number of hydrogen-bond acceptors (Lipinski definition) is 3. The van der Waals surface area contributed by atoms with E-state index in [2.05, 4.69) is 5.32 Å². The largest absolute Gasteiger partial charge is 0.493 e. The van der Waals surface area contributed by atoms with Crippen LogP contribution in [0.15, 0.2) is 54.6 Å². The molecule has 1 fully saturated rings. The number of likely N-dealkylation sites (tertiary alicyclic amines) is 1. The van der Waals surface area contributed by atoms with Crippen molar-refractivity contribution in [3.63, 3.8) is 0 Å². The van der Waals surface area contributed by atoms with Gasteiger partial charge in [-0.1, -0.05) is 18.2 Å². The Morgan fingerprint density at radius 3 is 2.58 bits per heavy atom. The average Bonchev–Trinajstić information content (AvgIpc) is 2.68. The smallest absolute Gasteiger partial charge is 0.313 e. The number of rotatable bonds is 4. The molecule has 136 valence electrons. The summed E-state index contributed by atoms with van der Waals surface area (Å²) in [7, 11) is 0.